The van der Waals surface area contributed by atoms with Crippen molar-refractivity contribution in [3.05, 3.63) is 59.9 Å². The van der Waals surface area contributed by atoms with Crippen molar-refractivity contribution in [1.29, 1.82) is 0 Å². The Morgan fingerprint density at radius 2 is 1.64 bits per heavy atom. The largest absolute Gasteiger partial charge is 0.348 e. The van der Waals surface area contributed by atoms with Crippen molar-refractivity contribution in [2.75, 3.05) is 19.6 Å². The fourth-order valence-electron chi connectivity index (χ4n) is 4.55. The predicted molar refractivity (Wildman–Crippen MR) is 109 cm³/mol. The Kier molecular flexibility index (Phi) is 5.25. The zero-order chi connectivity index (χ0) is 19.7. The van der Waals surface area contributed by atoms with Gasteiger partial charge in [0.15, 0.2) is 0 Å². The quantitative estimate of drug-likeness (QED) is 0.821. The van der Waals surface area contributed by atoms with Crippen LogP contribution in [0.5, 0.6) is 0 Å². The Balaban J connectivity index is 1.53. The minimum Gasteiger partial charge on any atom is -0.348 e. The van der Waals surface area contributed by atoms with Crippen molar-refractivity contribution in [1.82, 2.24) is 14.4 Å². The number of amides is 2. The van der Waals surface area contributed by atoms with E-state index in [4.69, 9.17) is 0 Å². The lowest BCUT2D eigenvalue weighted by atomic mass is 9.92. The first-order valence-electron chi connectivity index (χ1n) is 10.4. The van der Waals surface area contributed by atoms with E-state index < -0.39 is 0 Å². The van der Waals surface area contributed by atoms with Gasteiger partial charge >= 0.3 is 0 Å². The standard InChI is InChI=1S/C23H29N3O2/c1-17(2)22(27)25-13-10-19(11-14-25)23(28)26-16-15-24-12-6-9-20(24)21(26)18-7-4-3-5-8-18/h3-9,12,17,19,21H,10-11,13-16H2,1-2H3. The second-order valence-corrected chi connectivity index (χ2v) is 8.23. The molecule has 2 amide bonds. The summed E-state index contributed by atoms with van der Waals surface area (Å²) < 4.78 is 2.26. The lowest BCUT2D eigenvalue weighted by molar-refractivity contribution is -0.143. The maximum Gasteiger partial charge on any atom is 0.226 e. The molecule has 0 radical (unpaired) electrons. The fourth-order valence-corrected chi connectivity index (χ4v) is 4.55. The van der Waals surface area contributed by atoms with Crippen molar-refractivity contribution in [2.24, 2.45) is 11.8 Å². The summed E-state index contributed by atoms with van der Waals surface area (Å²) in [5, 5.41) is 0. The van der Waals surface area contributed by atoms with E-state index in [1.54, 1.807) is 0 Å². The predicted octanol–water partition coefficient (Wildman–Crippen LogP) is 3.31. The molecule has 0 saturated carbocycles. The molecule has 2 aromatic rings. The van der Waals surface area contributed by atoms with Crippen molar-refractivity contribution in [3.63, 3.8) is 0 Å². The molecule has 1 aromatic heterocycles. The first kappa shape index (κ1) is 18.8. The molecule has 2 aliphatic rings. The molecule has 28 heavy (non-hydrogen) atoms. The van der Waals surface area contributed by atoms with E-state index in [9.17, 15) is 9.59 Å². The Labute approximate surface area is 166 Å². The van der Waals surface area contributed by atoms with Gasteiger partial charge in [-0.2, -0.15) is 0 Å². The highest BCUT2D eigenvalue weighted by Gasteiger charge is 2.37. The third kappa shape index (κ3) is 3.46. The molecule has 1 aromatic carbocycles. The average molecular weight is 380 g/mol. The van der Waals surface area contributed by atoms with Gasteiger partial charge in [-0.3, -0.25) is 9.59 Å². The van der Waals surface area contributed by atoms with E-state index in [1.165, 1.54) is 5.69 Å². The number of hydrogen-bond donors (Lipinski definition) is 0. The number of fused-ring (bicyclic) bond motifs is 1. The summed E-state index contributed by atoms with van der Waals surface area (Å²) in [6, 6.07) is 14.5. The van der Waals surface area contributed by atoms with Crippen LogP contribution in [-0.4, -0.2) is 45.8 Å². The summed E-state index contributed by atoms with van der Waals surface area (Å²) in [5.74, 6) is 0.454. The normalized spacial score (nSPS) is 20.3. The molecule has 1 unspecified atom stereocenters. The second kappa shape index (κ2) is 7.82. The lowest BCUT2D eigenvalue weighted by Gasteiger charge is -2.41. The number of benzene rings is 1. The van der Waals surface area contributed by atoms with Crippen molar-refractivity contribution >= 4 is 11.8 Å². The van der Waals surface area contributed by atoms with Gasteiger partial charge in [-0.25, -0.2) is 0 Å². The van der Waals surface area contributed by atoms with Gasteiger partial charge in [0.1, 0.15) is 0 Å². The monoisotopic (exact) mass is 379 g/mol. The summed E-state index contributed by atoms with van der Waals surface area (Å²) in [7, 11) is 0. The number of aromatic nitrogens is 1. The van der Waals surface area contributed by atoms with E-state index in [1.807, 2.05) is 36.9 Å². The van der Waals surface area contributed by atoms with Gasteiger partial charge in [-0.05, 0) is 30.5 Å². The van der Waals surface area contributed by atoms with Gasteiger partial charge in [0.2, 0.25) is 11.8 Å². The molecular weight excluding hydrogens is 350 g/mol. The van der Waals surface area contributed by atoms with Crippen LogP contribution in [0.25, 0.3) is 0 Å². The Morgan fingerprint density at radius 1 is 0.929 bits per heavy atom. The van der Waals surface area contributed by atoms with E-state index in [0.717, 1.165) is 31.5 Å². The smallest absolute Gasteiger partial charge is 0.226 e. The van der Waals surface area contributed by atoms with Crippen molar-refractivity contribution < 1.29 is 9.59 Å². The number of likely N-dealkylation sites (tertiary alicyclic amines) is 1. The summed E-state index contributed by atoms with van der Waals surface area (Å²) >= 11 is 0. The number of hydrogen-bond acceptors (Lipinski definition) is 2. The number of piperidine rings is 1. The second-order valence-electron chi connectivity index (χ2n) is 8.23. The molecule has 1 saturated heterocycles. The summed E-state index contributed by atoms with van der Waals surface area (Å²) in [4.78, 5) is 29.7. The molecule has 0 spiro atoms. The van der Waals surface area contributed by atoms with Gasteiger partial charge in [0.05, 0.1) is 6.04 Å². The van der Waals surface area contributed by atoms with Crippen LogP contribution in [-0.2, 0) is 16.1 Å². The molecule has 3 heterocycles. The minimum absolute atomic E-state index is 0.00365. The van der Waals surface area contributed by atoms with Crippen LogP contribution >= 0.6 is 0 Å². The summed E-state index contributed by atoms with van der Waals surface area (Å²) in [5.41, 5.74) is 2.33. The molecule has 0 bridgehead atoms. The molecule has 148 valence electrons. The van der Waals surface area contributed by atoms with Gasteiger partial charge < -0.3 is 14.4 Å². The highest BCUT2D eigenvalue weighted by molar-refractivity contribution is 5.81. The van der Waals surface area contributed by atoms with Crippen molar-refractivity contribution in [3.8, 4) is 0 Å². The third-order valence-electron chi connectivity index (χ3n) is 6.09. The van der Waals surface area contributed by atoms with Crippen LogP contribution in [0.3, 0.4) is 0 Å². The molecule has 1 atom stereocenters. The Hall–Kier alpha value is -2.56. The minimum atomic E-state index is -0.0345. The van der Waals surface area contributed by atoms with Crippen LogP contribution in [0.1, 0.15) is 44.0 Å². The van der Waals surface area contributed by atoms with Crippen LogP contribution in [0, 0.1) is 11.8 Å². The zero-order valence-corrected chi connectivity index (χ0v) is 16.8. The molecule has 0 aliphatic carbocycles. The van der Waals surface area contributed by atoms with Crippen LogP contribution in [0.15, 0.2) is 48.7 Å². The maximum atomic E-state index is 13.5. The first-order valence-corrected chi connectivity index (χ1v) is 10.4. The molecule has 2 aliphatic heterocycles. The summed E-state index contributed by atoms with van der Waals surface area (Å²) in [6.45, 7) is 6.81. The van der Waals surface area contributed by atoms with Gasteiger partial charge in [0.25, 0.3) is 0 Å². The van der Waals surface area contributed by atoms with Crippen LogP contribution in [0.2, 0.25) is 0 Å². The molecule has 0 N–H and O–H groups in total. The Bertz CT molecular complexity index is 835. The Morgan fingerprint density at radius 3 is 2.32 bits per heavy atom. The van der Waals surface area contributed by atoms with E-state index >= 15 is 0 Å². The van der Waals surface area contributed by atoms with E-state index in [0.29, 0.717) is 13.1 Å². The number of carbonyl (C=O) groups is 2. The van der Waals surface area contributed by atoms with Crippen molar-refractivity contribution in [2.45, 2.75) is 39.3 Å². The van der Waals surface area contributed by atoms with Crippen LogP contribution in [0.4, 0.5) is 0 Å². The fraction of sp³-hybridized carbons (Fsp3) is 0.478. The third-order valence-corrected chi connectivity index (χ3v) is 6.09. The highest BCUT2D eigenvalue weighted by Crippen LogP contribution is 2.34. The first-order chi connectivity index (χ1) is 13.6. The number of nitrogens with zero attached hydrogens (tertiary/aromatic N) is 3. The van der Waals surface area contributed by atoms with Crippen LogP contribution < -0.4 is 0 Å². The van der Waals surface area contributed by atoms with Gasteiger partial charge in [-0.15, -0.1) is 0 Å². The average Bonchev–Trinajstić information content (AvgIpc) is 3.21. The molecular formula is C23H29N3O2. The SMILES string of the molecule is CC(C)C(=O)N1CCC(C(=O)N2CCn3cccc3C2c2ccccc2)CC1. The number of rotatable bonds is 3. The molecule has 4 rings (SSSR count). The maximum absolute atomic E-state index is 13.5. The van der Waals surface area contributed by atoms with E-state index in [2.05, 4.69) is 39.9 Å². The zero-order valence-electron chi connectivity index (χ0n) is 16.8. The topological polar surface area (TPSA) is 45.6 Å². The van der Waals surface area contributed by atoms with E-state index in [-0.39, 0.29) is 29.7 Å². The molecule has 5 nitrogen and oxygen atoms in total. The highest BCUT2D eigenvalue weighted by atomic mass is 16.2. The molecule has 1 fully saturated rings. The summed E-state index contributed by atoms with van der Waals surface area (Å²) in [6.07, 6.45) is 3.62. The number of carbonyl (C=O) groups excluding carboxylic acids is 2. The molecule has 5 heteroatoms. The lowest BCUT2D eigenvalue weighted by Crippen LogP contribution is -2.48. The van der Waals surface area contributed by atoms with Gasteiger partial charge in [-0.1, -0.05) is 44.2 Å². The van der Waals surface area contributed by atoms with Gasteiger partial charge in [0, 0.05) is 49.9 Å².